The third kappa shape index (κ3) is 6.75. The highest BCUT2D eigenvalue weighted by molar-refractivity contribution is 5.79. The maximum Gasteiger partial charge on any atom is 0.236 e. The van der Waals surface area contributed by atoms with Gasteiger partial charge in [-0.05, 0) is 38.0 Å². The molecule has 1 N–H and O–H groups in total. The molecule has 0 bridgehead atoms. The molecule has 2 rings (SSSR count). The average Bonchev–Trinajstić information content (AvgIpc) is 2.70. The summed E-state index contributed by atoms with van der Waals surface area (Å²) < 4.78 is 26.6. The molecule has 1 fully saturated rings. The number of halogens is 2. The maximum absolute atomic E-state index is 13.5. The first-order chi connectivity index (χ1) is 13.7. The second-order valence-corrected chi connectivity index (χ2v) is 7.78. The minimum atomic E-state index is -0.913. The summed E-state index contributed by atoms with van der Waals surface area (Å²) in [6.07, 6.45) is 0.901. The average molecular weight is 411 g/mol. The molecule has 0 radical (unpaired) electrons. The zero-order chi connectivity index (χ0) is 21.6. The summed E-state index contributed by atoms with van der Waals surface area (Å²) in [6, 6.07) is 3.52. The van der Waals surface area contributed by atoms with Crippen molar-refractivity contribution in [3.8, 4) is 0 Å². The highest BCUT2D eigenvalue weighted by atomic mass is 19.2. The van der Waals surface area contributed by atoms with Gasteiger partial charge in [0.1, 0.15) is 0 Å². The third-order valence-electron chi connectivity index (χ3n) is 5.61. The largest absolute Gasteiger partial charge is 0.353 e. The lowest BCUT2D eigenvalue weighted by atomic mass is 10.1. The van der Waals surface area contributed by atoms with Crippen molar-refractivity contribution in [2.75, 3.05) is 46.3 Å². The molecule has 29 heavy (non-hydrogen) atoms. The summed E-state index contributed by atoms with van der Waals surface area (Å²) in [7, 11) is 1.67. The van der Waals surface area contributed by atoms with Gasteiger partial charge in [-0.3, -0.25) is 19.4 Å². The number of hydrogen-bond acceptors (Lipinski definition) is 4. The van der Waals surface area contributed by atoms with Crippen molar-refractivity contribution < 1.29 is 18.4 Å². The van der Waals surface area contributed by atoms with Crippen molar-refractivity contribution in [1.82, 2.24) is 20.0 Å². The predicted octanol–water partition coefficient (Wildman–Crippen LogP) is 2.02. The van der Waals surface area contributed by atoms with Crippen LogP contribution in [0, 0.1) is 11.6 Å². The van der Waals surface area contributed by atoms with Gasteiger partial charge in [-0.1, -0.05) is 13.0 Å². The fraction of sp³-hybridized carbons (Fsp3) is 0.619. The van der Waals surface area contributed by atoms with Gasteiger partial charge in [-0.2, -0.15) is 0 Å². The van der Waals surface area contributed by atoms with E-state index in [2.05, 4.69) is 15.1 Å². The molecule has 2 amide bonds. The van der Waals surface area contributed by atoms with Gasteiger partial charge in [0.05, 0.1) is 19.1 Å². The Labute approximate surface area is 171 Å². The number of nitrogens with zero attached hydrogens (tertiary/aromatic N) is 3. The van der Waals surface area contributed by atoms with Gasteiger partial charge >= 0.3 is 0 Å². The first-order valence-electron chi connectivity index (χ1n) is 10.2. The number of piperazine rings is 1. The van der Waals surface area contributed by atoms with Crippen molar-refractivity contribution in [2.45, 2.75) is 39.3 Å². The van der Waals surface area contributed by atoms with Crippen molar-refractivity contribution in [2.24, 2.45) is 0 Å². The Morgan fingerprint density at radius 3 is 2.21 bits per heavy atom. The molecule has 1 heterocycles. The van der Waals surface area contributed by atoms with E-state index in [1.54, 1.807) is 18.9 Å². The molecule has 1 aliphatic heterocycles. The smallest absolute Gasteiger partial charge is 0.236 e. The van der Waals surface area contributed by atoms with Crippen LogP contribution in [0.15, 0.2) is 18.2 Å². The monoisotopic (exact) mass is 410 g/mol. The van der Waals surface area contributed by atoms with E-state index in [0.29, 0.717) is 25.2 Å². The molecule has 0 saturated carbocycles. The Kier molecular flexibility index (Phi) is 8.52. The zero-order valence-electron chi connectivity index (χ0n) is 17.8. The molecule has 2 unspecified atom stereocenters. The Balaban J connectivity index is 1.79. The Hall–Kier alpha value is -2.06. The van der Waals surface area contributed by atoms with E-state index < -0.39 is 11.6 Å². The van der Waals surface area contributed by atoms with Crippen LogP contribution < -0.4 is 5.32 Å². The summed E-state index contributed by atoms with van der Waals surface area (Å²) >= 11 is 0. The summed E-state index contributed by atoms with van der Waals surface area (Å²) in [4.78, 5) is 30.3. The van der Waals surface area contributed by atoms with Gasteiger partial charge in [0.2, 0.25) is 11.8 Å². The number of nitrogens with one attached hydrogen (secondary N) is 1. The van der Waals surface area contributed by atoms with Gasteiger partial charge in [0.25, 0.3) is 0 Å². The molecule has 0 spiro atoms. The van der Waals surface area contributed by atoms with Crippen LogP contribution in [0.2, 0.25) is 0 Å². The summed E-state index contributed by atoms with van der Waals surface area (Å²) in [5, 5.41) is 2.97. The highest BCUT2D eigenvalue weighted by Gasteiger charge is 2.24. The SMILES string of the molecule is CCC(C)NC(=O)CN1CCN(CC(=O)N(C)C(C)c2ccc(F)c(F)c2)CC1. The van der Waals surface area contributed by atoms with Gasteiger partial charge in [0.15, 0.2) is 11.6 Å². The van der Waals surface area contributed by atoms with E-state index in [1.165, 1.54) is 6.07 Å². The molecule has 1 aliphatic rings. The number of rotatable bonds is 8. The van der Waals surface area contributed by atoms with E-state index in [0.717, 1.165) is 31.6 Å². The van der Waals surface area contributed by atoms with E-state index in [-0.39, 0.29) is 30.4 Å². The zero-order valence-corrected chi connectivity index (χ0v) is 17.8. The molecule has 1 aromatic rings. The molecule has 8 heteroatoms. The number of carbonyl (C=O) groups excluding carboxylic acids is 2. The van der Waals surface area contributed by atoms with Crippen molar-refractivity contribution in [3.05, 3.63) is 35.4 Å². The van der Waals surface area contributed by atoms with E-state index in [4.69, 9.17) is 0 Å². The molecule has 6 nitrogen and oxygen atoms in total. The van der Waals surface area contributed by atoms with Crippen LogP contribution >= 0.6 is 0 Å². The van der Waals surface area contributed by atoms with Gasteiger partial charge in [-0.15, -0.1) is 0 Å². The molecule has 162 valence electrons. The number of likely N-dealkylation sites (N-methyl/N-ethyl adjacent to an activating group) is 1. The van der Waals surface area contributed by atoms with Crippen LogP contribution in [0.3, 0.4) is 0 Å². The molecule has 1 saturated heterocycles. The lowest BCUT2D eigenvalue weighted by Crippen LogP contribution is -2.52. The van der Waals surface area contributed by atoms with Crippen LogP contribution in [-0.2, 0) is 9.59 Å². The fourth-order valence-electron chi connectivity index (χ4n) is 3.25. The molecule has 1 aromatic carbocycles. The third-order valence-corrected chi connectivity index (χ3v) is 5.61. The van der Waals surface area contributed by atoms with Crippen molar-refractivity contribution in [1.29, 1.82) is 0 Å². The summed E-state index contributed by atoms with van der Waals surface area (Å²) in [5.74, 6) is -1.86. The van der Waals surface area contributed by atoms with Crippen LogP contribution in [0.25, 0.3) is 0 Å². The van der Waals surface area contributed by atoms with Gasteiger partial charge in [-0.25, -0.2) is 8.78 Å². The van der Waals surface area contributed by atoms with Gasteiger partial charge in [0, 0.05) is 39.3 Å². The molecule has 2 atom stereocenters. The van der Waals surface area contributed by atoms with E-state index >= 15 is 0 Å². The van der Waals surface area contributed by atoms with E-state index in [9.17, 15) is 18.4 Å². The van der Waals surface area contributed by atoms with Crippen LogP contribution in [0.1, 0.15) is 38.8 Å². The van der Waals surface area contributed by atoms with Crippen LogP contribution in [0.4, 0.5) is 8.78 Å². The Morgan fingerprint density at radius 1 is 1.07 bits per heavy atom. The van der Waals surface area contributed by atoms with Crippen LogP contribution in [-0.4, -0.2) is 78.9 Å². The molecule has 0 aromatic heterocycles. The minimum Gasteiger partial charge on any atom is -0.353 e. The minimum absolute atomic E-state index is 0.0314. The Bertz CT molecular complexity index is 708. The van der Waals surface area contributed by atoms with Gasteiger partial charge < -0.3 is 10.2 Å². The highest BCUT2D eigenvalue weighted by Crippen LogP contribution is 2.21. The quantitative estimate of drug-likeness (QED) is 0.713. The maximum atomic E-state index is 13.5. The first kappa shape index (κ1) is 23.2. The standard InChI is InChI=1S/C21H32F2N4O2/c1-5-15(2)24-20(28)13-26-8-10-27(11-9-26)14-21(29)25(4)16(3)17-6-7-18(22)19(23)12-17/h6-7,12,15-16H,5,8-11,13-14H2,1-4H3,(H,24,28). The lowest BCUT2D eigenvalue weighted by Gasteiger charge is -2.35. The number of benzene rings is 1. The molecular weight excluding hydrogens is 378 g/mol. The second kappa shape index (κ2) is 10.6. The summed E-state index contributed by atoms with van der Waals surface area (Å²) in [5.41, 5.74) is 0.553. The second-order valence-electron chi connectivity index (χ2n) is 7.78. The Morgan fingerprint density at radius 2 is 1.66 bits per heavy atom. The number of hydrogen-bond donors (Lipinski definition) is 1. The van der Waals surface area contributed by atoms with Crippen LogP contribution in [0.5, 0.6) is 0 Å². The van der Waals surface area contributed by atoms with Crippen molar-refractivity contribution >= 4 is 11.8 Å². The number of carbonyl (C=O) groups is 2. The van der Waals surface area contributed by atoms with Crippen molar-refractivity contribution in [3.63, 3.8) is 0 Å². The molecular formula is C21H32F2N4O2. The van der Waals surface area contributed by atoms with E-state index in [1.807, 2.05) is 13.8 Å². The predicted molar refractivity (Wildman–Crippen MR) is 108 cm³/mol. The lowest BCUT2D eigenvalue weighted by molar-refractivity contribution is -0.134. The first-order valence-corrected chi connectivity index (χ1v) is 10.2. The topological polar surface area (TPSA) is 55.9 Å². The summed E-state index contributed by atoms with van der Waals surface area (Å²) in [6.45, 7) is 9.30. The number of amides is 2. The fourth-order valence-corrected chi connectivity index (χ4v) is 3.25. The normalized spacial score (nSPS) is 17.6. The molecule has 0 aliphatic carbocycles.